The molecule has 0 heterocycles. The van der Waals surface area contributed by atoms with Gasteiger partial charge in [-0.3, -0.25) is 4.90 Å². The van der Waals surface area contributed by atoms with Crippen molar-refractivity contribution in [3.63, 3.8) is 0 Å². The molecule has 3 heteroatoms. The Morgan fingerprint density at radius 3 is 1.81 bits per heavy atom. The summed E-state index contributed by atoms with van der Waals surface area (Å²) in [7, 11) is 2.02. The zero-order valence-electron chi connectivity index (χ0n) is 17.9. The van der Waals surface area contributed by atoms with Crippen LogP contribution in [0.4, 0.5) is 0 Å². The van der Waals surface area contributed by atoms with Gasteiger partial charge < -0.3 is 10.2 Å². The molecular formula is C24H35NO2. The van der Waals surface area contributed by atoms with E-state index in [0.717, 1.165) is 28.8 Å². The molecule has 27 heavy (non-hydrogen) atoms. The van der Waals surface area contributed by atoms with Gasteiger partial charge in [0, 0.05) is 13.1 Å². The van der Waals surface area contributed by atoms with Gasteiger partial charge in [-0.2, -0.15) is 0 Å². The van der Waals surface area contributed by atoms with Crippen molar-refractivity contribution < 1.29 is 10.2 Å². The minimum atomic E-state index is -0.516. The fourth-order valence-corrected chi connectivity index (χ4v) is 3.38. The molecule has 2 aromatic carbocycles. The number of likely N-dealkylation sites (N-methyl/N-ethyl adjacent to an activating group) is 1. The Balaban J connectivity index is 2.27. The second kappa shape index (κ2) is 8.04. The van der Waals surface area contributed by atoms with Crippen LogP contribution in [0.3, 0.4) is 0 Å². The van der Waals surface area contributed by atoms with E-state index in [1.807, 2.05) is 37.4 Å². The van der Waals surface area contributed by atoms with Crippen LogP contribution < -0.4 is 0 Å². The second-order valence-corrected chi connectivity index (χ2v) is 9.66. The summed E-state index contributed by atoms with van der Waals surface area (Å²) in [4.78, 5) is 2.13. The number of phenols is 1. The zero-order chi connectivity index (χ0) is 20.4. The van der Waals surface area contributed by atoms with Crippen LogP contribution in [-0.4, -0.2) is 28.7 Å². The van der Waals surface area contributed by atoms with E-state index in [-0.39, 0.29) is 10.8 Å². The summed E-state index contributed by atoms with van der Waals surface area (Å²) in [5, 5.41) is 21.4. The molecule has 0 saturated heterocycles. The molecule has 3 nitrogen and oxygen atoms in total. The number of aromatic hydroxyl groups is 1. The maximum atomic E-state index is 10.9. The Kier molecular flexibility index (Phi) is 6.39. The highest BCUT2D eigenvalue weighted by Crippen LogP contribution is 2.40. The summed E-state index contributed by atoms with van der Waals surface area (Å²) in [6.45, 7) is 14.0. The molecule has 0 aliphatic carbocycles. The first-order valence-electron chi connectivity index (χ1n) is 9.68. The number of hydrogen-bond acceptors (Lipinski definition) is 3. The first-order valence-corrected chi connectivity index (χ1v) is 9.68. The molecule has 0 saturated carbocycles. The molecule has 0 aliphatic rings. The third kappa shape index (κ3) is 5.57. The molecule has 1 unspecified atom stereocenters. The fraction of sp³-hybridized carbons (Fsp3) is 0.500. The van der Waals surface area contributed by atoms with E-state index in [4.69, 9.17) is 0 Å². The Labute approximate surface area is 164 Å². The van der Waals surface area contributed by atoms with Crippen LogP contribution >= 0.6 is 0 Å². The highest BCUT2D eigenvalue weighted by molar-refractivity contribution is 5.49. The smallest absolute Gasteiger partial charge is 0.123 e. The van der Waals surface area contributed by atoms with Gasteiger partial charge in [-0.15, -0.1) is 0 Å². The van der Waals surface area contributed by atoms with Gasteiger partial charge in [0.1, 0.15) is 5.75 Å². The van der Waals surface area contributed by atoms with Crippen molar-refractivity contribution in [2.24, 2.45) is 0 Å². The third-order valence-corrected chi connectivity index (χ3v) is 4.91. The van der Waals surface area contributed by atoms with Crippen molar-refractivity contribution in [1.29, 1.82) is 0 Å². The lowest BCUT2D eigenvalue weighted by molar-refractivity contribution is 0.124. The summed E-state index contributed by atoms with van der Waals surface area (Å²) in [6, 6.07) is 14.0. The van der Waals surface area contributed by atoms with Crippen LogP contribution in [0.15, 0.2) is 42.5 Å². The molecule has 0 aromatic heterocycles. The Morgan fingerprint density at radius 2 is 1.37 bits per heavy atom. The lowest BCUT2D eigenvalue weighted by Crippen LogP contribution is -2.25. The van der Waals surface area contributed by atoms with Crippen molar-refractivity contribution in [2.75, 3.05) is 13.6 Å². The number of aliphatic hydroxyl groups excluding tert-OH is 1. The summed E-state index contributed by atoms with van der Waals surface area (Å²) >= 11 is 0. The van der Waals surface area contributed by atoms with Crippen molar-refractivity contribution in [3.05, 3.63) is 64.7 Å². The standard InChI is InChI=1S/C24H35NO2/c1-23(2,3)19-13-17(14-20(22(19)27)24(4,5)6)15-25(7)16-21(26)18-11-9-8-10-12-18/h8-14,21,26-27H,15-16H2,1-7H3. The lowest BCUT2D eigenvalue weighted by Gasteiger charge is -2.29. The number of nitrogens with zero attached hydrogens (tertiary/aromatic N) is 1. The minimum Gasteiger partial charge on any atom is -0.507 e. The van der Waals surface area contributed by atoms with Gasteiger partial charge in [0.05, 0.1) is 6.10 Å². The molecule has 0 fully saturated rings. The number of rotatable bonds is 5. The Bertz CT molecular complexity index is 719. The average molecular weight is 370 g/mol. The molecule has 0 aliphatic heterocycles. The number of phenolic OH excluding ortho intramolecular Hbond substituents is 1. The van der Waals surface area contributed by atoms with E-state index in [1.54, 1.807) is 0 Å². The van der Waals surface area contributed by atoms with E-state index in [1.165, 1.54) is 0 Å². The van der Waals surface area contributed by atoms with Gasteiger partial charge in [-0.05, 0) is 40.1 Å². The normalized spacial score (nSPS) is 13.8. The van der Waals surface area contributed by atoms with Crippen molar-refractivity contribution in [3.8, 4) is 5.75 Å². The molecule has 2 N–H and O–H groups in total. The van der Waals surface area contributed by atoms with E-state index in [0.29, 0.717) is 12.3 Å². The summed E-state index contributed by atoms with van der Waals surface area (Å²) < 4.78 is 0. The maximum absolute atomic E-state index is 10.9. The molecular weight excluding hydrogens is 334 g/mol. The molecule has 2 rings (SSSR count). The van der Waals surface area contributed by atoms with Crippen molar-refractivity contribution >= 4 is 0 Å². The van der Waals surface area contributed by atoms with Crippen LogP contribution in [0.1, 0.15) is 69.9 Å². The van der Waals surface area contributed by atoms with Gasteiger partial charge in [0.15, 0.2) is 0 Å². The molecule has 1 atom stereocenters. The average Bonchev–Trinajstić information content (AvgIpc) is 2.55. The van der Waals surface area contributed by atoms with Crippen LogP contribution in [0, 0.1) is 0 Å². The quantitative estimate of drug-likeness (QED) is 0.766. The minimum absolute atomic E-state index is 0.137. The largest absolute Gasteiger partial charge is 0.507 e. The van der Waals surface area contributed by atoms with Crippen LogP contribution in [-0.2, 0) is 17.4 Å². The molecule has 0 amide bonds. The van der Waals surface area contributed by atoms with Gasteiger partial charge >= 0.3 is 0 Å². The van der Waals surface area contributed by atoms with Gasteiger partial charge in [-0.25, -0.2) is 0 Å². The molecule has 2 aromatic rings. The molecule has 0 radical (unpaired) electrons. The first kappa shape index (κ1) is 21.5. The van der Waals surface area contributed by atoms with Gasteiger partial charge in [-0.1, -0.05) is 84.0 Å². The van der Waals surface area contributed by atoms with Crippen LogP contribution in [0.2, 0.25) is 0 Å². The van der Waals surface area contributed by atoms with Crippen LogP contribution in [0.25, 0.3) is 0 Å². The van der Waals surface area contributed by atoms with E-state index < -0.39 is 6.10 Å². The number of hydrogen-bond donors (Lipinski definition) is 2. The monoisotopic (exact) mass is 369 g/mol. The Morgan fingerprint density at radius 1 is 0.889 bits per heavy atom. The zero-order valence-corrected chi connectivity index (χ0v) is 17.9. The van der Waals surface area contributed by atoms with Crippen LogP contribution in [0.5, 0.6) is 5.75 Å². The van der Waals surface area contributed by atoms with Gasteiger partial charge in [0.2, 0.25) is 0 Å². The Hall–Kier alpha value is -1.84. The first-order chi connectivity index (χ1) is 12.4. The lowest BCUT2D eigenvalue weighted by atomic mass is 9.78. The summed E-state index contributed by atoms with van der Waals surface area (Å²) in [6.07, 6.45) is -0.516. The van der Waals surface area contributed by atoms with Crippen molar-refractivity contribution in [1.82, 2.24) is 4.90 Å². The third-order valence-electron chi connectivity index (χ3n) is 4.91. The van der Waals surface area contributed by atoms with E-state index in [2.05, 4.69) is 58.6 Å². The van der Waals surface area contributed by atoms with Gasteiger partial charge in [0.25, 0.3) is 0 Å². The molecule has 0 spiro atoms. The SMILES string of the molecule is CN(Cc1cc(C(C)(C)C)c(O)c(C(C)(C)C)c1)CC(O)c1ccccc1. The van der Waals surface area contributed by atoms with Crippen molar-refractivity contribution in [2.45, 2.75) is 65.0 Å². The maximum Gasteiger partial charge on any atom is 0.123 e. The predicted octanol–water partition coefficient (Wildman–Crippen LogP) is 5.15. The second-order valence-electron chi connectivity index (χ2n) is 9.66. The van der Waals surface area contributed by atoms with E-state index in [9.17, 15) is 10.2 Å². The highest BCUT2D eigenvalue weighted by Gasteiger charge is 2.26. The van der Waals surface area contributed by atoms with E-state index >= 15 is 0 Å². The topological polar surface area (TPSA) is 43.7 Å². The molecule has 148 valence electrons. The predicted molar refractivity (Wildman–Crippen MR) is 113 cm³/mol. The number of benzene rings is 2. The summed E-state index contributed by atoms with van der Waals surface area (Å²) in [5.74, 6) is 0.408. The molecule has 0 bridgehead atoms. The summed E-state index contributed by atoms with van der Waals surface area (Å²) in [5.41, 5.74) is 3.76. The highest BCUT2D eigenvalue weighted by atomic mass is 16.3. The fourth-order valence-electron chi connectivity index (χ4n) is 3.38. The number of aliphatic hydroxyl groups is 1.